The van der Waals surface area contributed by atoms with Gasteiger partial charge in [-0.15, -0.1) is 24.0 Å². The molecule has 6 nitrogen and oxygen atoms in total. The van der Waals surface area contributed by atoms with Gasteiger partial charge in [0.1, 0.15) is 5.82 Å². The van der Waals surface area contributed by atoms with Crippen LogP contribution in [0.25, 0.3) is 0 Å². The van der Waals surface area contributed by atoms with E-state index in [9.17, 15) is 9.50 Å². The number of morpholine rings is 1. The summed E-state index contributed by atoms with van der Waals surface area (Å²) < 4.78 is 18.6. The van der Waals surface area contributed by atoms with E-state index in [0.29, 0.717) is 45.4 Å². The lowest BCUT2D eigenvalue weighted by molar-refractivity contribution is -0.0201. The third-order valence-electron chi connectivity index (χ3n) is 3.96. The summed E-state index contributed by atoms with van der Waals surface area (Å²) in [6.45, 7) is 8.92. The van der Waals surface area contributed by atoms with Crippen LogP contribution in [0.15, 0.2) is 29.3 Å². The van der Waals surface area contributed by atoms with Crippen molar-refractivity contribution in [1.29, 1.82) is 0 Å². The Labute approximate surface area is 172 Å². The van der Waals surface area contributed by atoms with Gasteiger partial charge >= 0.3 is 0 Å². The van der Waals surface area contributed by atoms with Crippen molar-refractivity contribution in [3.63, 3.8) is 0 Å². The number of hydrogen-bond donors (Lipinski definition) is 3. The SMILES string of the molecule is CCNC(=NCc1cccc(F)c1)NCC(C)(O)CN1CCOCC1.I. The first-order valence-corrected chi connectivity index (χ1v) is 8.77. The molecule has 1 aliphatic rings. The molecule has 1 unspecified atom stereocenters. The van der Waals surface area contributed by atoms with Crippen molar-refractivity contribution in [2.24, 2.45) is 4.99 Å². The lowest BCUT2D eigenvalue weighted by Gasteiger charge is -2.34. The van der Waals surface area contributed by atoms with Crippen LogP contribution in [0.3, 0.4) is 0 Å². The Morgan fingerprint density at radius 1 is 1.35 bits per heavy atom. The van der Waals surface area contributed by atoms with Crippen LogP contribution in [0.4, 0.5) is 4.39 Å². The summed E-state index contributed by atoms with van der Waals surface area (Å²) in [5.74, 6) is 0.341. The first kappa shape index (κ1) is 23.1. The average Bonchev–Trinajstić information content (AvgIpc) is 2.58. The van der Waals surface area contributed by atoms with Crippen LogP contribution in [0.1, 0.15) is 19.4 Å². The molecule has 1 heterocycles. The zero-order valence-corrected chi connectivity index (χ0v) is 17.8. The fourth-order valence-electron chi connectivity index (χ4n) is 2.72. The van der Waals surface area contributed by atoms with Crippen LogP contribution in [0.2, 0.25) is 0 Å². The van der Waals surface area contributed by atoms with Gasteiger partial charge < -0.3 is 20.5 Å². The highest BCUT2D eigenvalue weighted by Gasteiger charge is 2.25. The first-order valence-electron chi connectivity index (χ1n) is 8.77. The number of ether oxygens (including phenoxy) is 1. The maximum atomic E-state index is 13.2. The van der Waals surface area contributed by atoms with Gasteiger partial charge in [-0.05, 0) is 31.5 Å². The molecule has 8 heteroatoms. The van der Waals surface area contributed by atoms with E-state index >= 15 is 0 Å². The minimum atomic E-state index is -0.883. The van der Waals surface area contributed by atoms with Crippen molar-refractivity contribution >= 4 is 29.9 Å². The van der Waals surface area contributed by atoms with Gasteiger partial charge in [-0.25, -0.2) is 9.38 Å². The van der Waals surface area contributed by atoms with Crippen molar-refractivity contribution in [1.82, 2.24) is 15.5 Å². The Hall–Kier alpha value is -0.970. The maximum Gasteiger partial charge on any atom is 0.191 e. The molecule has 1 saturated heterocycles. The van der Waals surface area contributed by atoms with E-state index in [2.05, 4.69) is 20.5 Å². The molecule has 1 aliphatic heterocycles. The van der Waals surface area contributed by atoms with E-state index in [1.807, 2.05) is 19.9 Å². The van der Waals surface area contributed by atoms with Crippen LogP contribution < -0.4 is 10.6 Å². The molecule has 3 N–H and O–H groups in total. The molecule has 2 rings (SSSR count). The predicted molar refractivity (Wildman–Crippen MR) is 113 cm³/mol. The van der Waals surface area contributed by atoms with Crippen LogP contribution in [0, 0.1) is 5.82 Å². The second kappa shape index (κ2) is 11.7. The van der Waals surface area contributed by atoms with Gasteiger partial charge in [-0.3, -0.25) is 4.90 Å². The van der Waals surface area contributed by atoms with Crippen molar-refractivity contribution in [3.8, 4) is 0 Å². The lowest BCUT2D eigenvalue weighted by atomic mass is 10.1. The number of guanidine groups is 1. The molecule has 0 aliphatic carbocycles. The highest BCUT2D eigenvalue weighted by molar-refractivity contribution is 14.0. The van der Waals surface area contributed by atoms with E-state index in [1.54, 1.807) is 6.07 Å². The fraction of sp³-hybridized carbons (Fsp3) is 0.611. The van der Waals surface area contributed by atoms with Crippen LogP contribution in [0.5, 0.6) is 0 Å². The first-order chi connectivity index (χ1) is 12.0. The quantitative estimate of drug-likeness (QED) is 0.314. The number of benzene rings is 1. The summed E-state index contributed by atoms with van der Waals surface area (Å²) in [5, 5.41) is 16.9. The van der Waals surface area contributed by atoms with E-state index in [1.165, 1.54) is 12.1 Å². The second-order valence-electron chi connectivity index (χ2n) is 6.56. The number of β-amino-alcohol motifs (C(OH)–C–C–N with tert-alkyl or cyclic N) is 1. The van der Waals surface area contributed by atoms with E-state index in [4.69, 9.17) is 4.74 Å². The summed E-state index contributed by atoms with van der Waals surface area (Å²) in [5.41, 5.74) is -0.0795. The highest BCUT2D eigenvalue weighted by atomic mass is 127. The molecule has 0 radical (unpaired) electrons. The molecule has 1 fully saturated rings. The molecule has 0 saturated carbocycles. The molecule has 1 aromatic rings. The maximum absolute atomic E-state index is 13.2. The summed E-state index contributed by atoms with van der Waals surface area (Å²) in [4.78, 5) is 6.65. The van der Waals surface area contributed by atoms with Crippen molar-refractivity contribution < 1.29 is 14.2 Å². The molecule has 0 amide bonds. The van der Waals surface area contributed by atoms with E-state index in [-0.39, 0.29) is 29.8 Å². The third kappa shape index (κ3) is 8.61. The van der Waals surface area contributed by atoms with Crippen LogP contribution in [-0.4, -0.2) is 67.5 Å². The molecule has 148 valence electrons. The normalized spacial score (nSPS) is 17.9. The number of hydrogen-bond acceptors (Lipinski definition) is 4. The summed E-state index contributed by atoms with van der Waals surface area (Å²) in [7, 11) is 0. The number of aliphatic hydroxyl groups is 1. The number of nitrogens with one attached hydrogen (secondary N) is 2. The lowest BCUT2D eigenvalue weighted by Crippen LogP contribution is -2.52. The molecule has 0 bridgehead atoms. The molecule has 0 spiro atoms. The zero-order chi connectivity index (χ0) is 18.1. The number of nitrogens with zero attached hydrogens (tertiary/aromatic N) is 2. The predicted octanol–water partition coefficient (Wildman–Crippen LogP) is 1.58. The number of rotatable bonds is 7. The molecule has 0 aromatic heterocycles. The smallest absolute Gasteiger partial charge is 0.191 e. The highest BCUT2D eigenvalue weighted by Crippen LogP contribution is 2.08. The molecular weight excluding hydrogens is 450 g/mol. The minimum Gasteiger partial charge on any atom is -0.387 e. The minimum absolute atomic E-state index is 0. The Bertz CT molecular complexity index is 566. The molecule has 1 atom stereocenters. The van der Waals surface area contributed by atoms with Gasteiger partial charge in [0.05, 0.1) is 25.4 Å². The van der Waals surface area contributed by atoms with Gasteiger partial charge in [0.15, 0.2) is 5.96 Å². The Kier molecular flexibility index (Phi) is 10.4. The molecule has 26 heavy (non-hydrogen) atoms. The Morgan fingerprint density at radius 2 is 2.08 bits per heavy atom. The van der Waals surface area contributed by atoms with Crippen LogP contribution in [-0.2, 0) is 11.3 Å². The van der Waals surface area contributed by atoms with Crippen molar-refractivity contribution in [3.05, 3.63) is 35.6 Å². The van der Waals surface area contributed by atoms with E-state index in [0.717, 1.165) is 18.7 Å². The Morgan fingerprint density at radius 3 is 2.73 bits per heavy atom. The van der Waals surface area contributed by atoms with Crippen molar-refractivity contribution in [2.45, 2.75) is 26.0 Å². The fourth-order valence-corrected chi connectivity index (χ4v) is 2.72. The van der Waals surface area contributed by atoms with Gasteiger partial charge in [-0.2, -0.15) is 0 Å². The Balaban J connectivity index is 0.00000338. The number of aliphatic imine (C=N–C) groups is 1. The summed E-state index contributed by atoms with van der Waals surface area (Å²) in [6, 6.07) is 6.40. The monoisotopic (exact) mass is 480 g/mol. The molecule has 1 aromatic carbocycles. The topological polar surface area (TPSA) is 69.1 Å². The zero-order valence-electron chi connectivity index (χ0n) is 15.5. The van der Waals surface area contributed by atoms with Crippen molar-refractivity contribution in [2.75, 3.05) is 45.9 Å². The van der Waals surface area contributed by atoms with Crippen LogP contribution >= 0.6 is 24.0 Å². The van der Waals surface area contributed by atoms with E-state index < -0.39 is 5.60 Å². The molecular formula is C18H30FIN4O2. The number of halogens is 2. The van der Waals surface area contributed by atoms with Gasteiger partial charge in [-0.1, -0.05) is 12.1 Å². The average molecular weight is 480 g/mol. The third-order valence-corrected chi connectivity index (χ3v) is 3.96. The van der Waals surface area contributed by atoms with Gasteiger partial charge in [0.2, 0.25) is 0 Å². The van der Waals surface area contributed by atoms with Gasteiger partial charge in [0, 0.05) is 32.7 Å². The van der Waals surface area contributed by atoms with Gasteiger partial charge in [0.25, 0.3) is 0 Å². The summed E-state index contributed by atoms with van der Waals surface area (Å²) in [6.07, 6.45) is 0. The largest absolute Gasteiger partial charge is 0.387 e. The second-order valence-corrected chi connectivity index (χ2v) is 6.56. The summed E-state index contributed by atoms with van der Waals surface area (Å²) >= 11 is 0. The standard InChI is InChI=1S/C18H29FN4O2.HI/c1-3-20-17(21-12-15-5-4-6-16(19)11-15)22-13-18(2,24)14-23-7-9-25-10-8-23;/h4-6,11,24H,3,7-10,12-14H2,1-2H3,(H2,20,21,22);1H.